The van der Waals surface area contributed by atoms with Crippen LogP contribution in [0.15, 0.2) is 22.8 Å². The van der Waals surface area contributed by atoms with E-state index in [4.69, 9.17) is 4.42 Å². The largest absolute Gasteiger partial charge is 0.469 e. The minimum absolute atomic E-state index is 0.108. The van der Waals surface area contributed by atoms with Crippen molar-refractivity contribution in [3.05, 3.63) is 24.2 Å². The Morgan fingerprint density at radius 3 is 2.94 bits per heavy atom. The molecule has 0 spiro atoms. The van der Waals surface area contributed by atoms with Crippen LogP contribution in [0.3, 0.4) is 0 Å². The highest BCUT2D eigenvalue weighted by Crippen LogP contribution is 2.17. The van der Waals surface area contributed by atoms with E-state index in [1.807, 2.05) is 12.1 Å². The van der Waals surface area contributed by atoms with Gasteiger partial charge in [0.15, 0.2) is 0 Å². The maximum Gasteiger partial charge on any atom is 0.234 e. The smallest absolute Gasteiger partial charge is 0.234 e. The van der Waals surface area contributed by atoms with Crippen LogP contribution in [0.25, 0.3) is 0 Å². The molecule has 1 aliphatic carbocycles. The summed E-state index contributed by atoms with van der Waals surface area (Å²) < 4.78 is 5.21. The van der Waals surface area contributed by atoms with Gasteiger partial charge in [-0.2, -0.15) is 0 Å². The van der Waals surface area contributed by atoms with Crippen LogP contribution >= 0.6 is 0 Å². The van der Waals surface area contributed by atoms with Gasteiger partial charge in [-0.3, -0.25) is 4.79 Å². The van der Waals surface area contributed by atoms with Crippen LogP contribution in [0, 0.1) is 0 Å². The molecule has 0 bridgehead atoms. The van der Waals surface area contributed by atoms with E-state index in [1.54, 1.807) is 6.26 Å². The van der Waals surface area contributed by atoms with E-state index in [2.05, 4.69) is 10.6 Å². The van der Waals surface area contributed by atoms with Gasteiger partial charge in [-0.1, -0.05) is 12.8 Å². The van der Waals surface area contributed by atoms with Crippen molar-refractivity contribution in [3.8, 4) is 0 Å². The first-order valence-electron chi connectivity index (χ1n) is 6.37. The summed E-state index contributed by atoms with van der Waals surface area (Å²) >= 11 is 0. The monoisotopic (exact) mass is 236 g/mol. The predicted molar refractivity (Wildman–Crippen MR) is 65.7 cm³/mol. The molecule has 4 heteroatoms. The fraction of sp³-hybridized carbons (Fsp3) is 0.615. The van der Waals surface area contributed by atoms with Gasteiger partial charge in [-0.25, -0.2) is 0 Å². The molecule has 2 rings (SSSR count). The second kappa shape index (κ2) is 6.45. The Labute approximate surface area is 102 Å². The van der Waals surface area contributed by atoms with Gasteiger partial charge in [0.05, 0.1) is 12.8 Å². The molecule has 1 fully saturated rings. The fourth-order valence-corrected chi connectivity index (χ4v) is 2.22. The van der Waals surface area contributed by atoms with Crippen LogP contribution in [-0.4, -0.2) is 25.0 Å². The zero-order valence-corrected chi connectivity index (χ0v) is 10.1. The number of furan rings is 1. The van der Waals surface area contributed by atoms with E-state index in [0.717, 1.165) is 31.6 Å². The van der Waals surface area contributed by atoms with E-state index in [0.29, 0.717) is 12.6 Å². The third-order valence-corrected chi connectivity index (χ3v) is 3.13. The van der Waals surface area contributed by atoms with Crippen LogP contribution in [0.2, 0.25) is 0 Å². The van der Waals surface area contributed by atoms with E-state index in [-0.39, 0.29) is 5.91 Å². The van der Waals surface area contributed by atoms with Gasteiger partial charge >= 0.3 is 0 Å². The lowest BCUT2D eigenvalue weighted by molar-refractivity contribution is -0.120. The molecule has 1 aliphatic rings. The third kappa shape index (κ3) is 4.23. The molecule has 0 saturated heterocycles. The molecule has 1 aromatic heterocycles. The molecule has 1 saturated carbocycles. The zero-order chi connectivity index (χ0) is 11.9. The second-order valence-corrected chi connectivity index (χ2v) is 4.56. The average molecular weight is 236 g/mol. The van der Waals surface area contributed by atoms with E-state index >= 15 is 0 Å². The van der Waals surface area contributed by atoms with Gasteiger partial charge in [0.1, 0.15) is 5.76 Å². The molecule has 0 unspecified atom stereocenters. The van der Waals surface area contributed by atoms with E-state index < -0.39 is 0 Å². The molecule has 0 aromatic carbocycles. The number of hydrogen-bond donors (Lipinski definition) is 2. The Hall–Kier alpha value is -1.29. The van der Waals surface area contributed by atoms with Gasteiger partial charge in [-0.15, -0.1) is 0 Å². The standard InChI is InChI=1S/C13H20N2O2/c16-13(15-11-4-1-2-5-11)10-14-8-7-12-6-3-9-17-12/h3,6,9,11,14H,1-2,4-5,7-8,10H2,(H,15,16). The summed E-state index contributed by atoms with van der Waals surface area (Å²) in [7, 11) is 0. The van der Waals surface area contributed by atoms with E-state index in [1.165, 1.54) is 12.8 Å². The lowest BCUT2D eigenvalue weighted by Gasteiger charge is -2.11. The van der Waals surface area contributed by atoms with Gasteiger partial charge in [0, 0.05) is 19.0 Å². The molecule has 2 N–H and O–H groups in total. The van der Waals surface area contributed by atoms with Gasteiger partial charge in [0.2, 0.25) is 5.91 Å². The third-order valence-electron chi connectivity index (χ3n) is 3.13. The first-order valence-corrected chi connectivity index (χ1v) is 6.37. The maximum absolute atomic E-state index is 11.6. The van der Waals surface area contributed by atoms with Crippen LogP contribution in [0.1, 0.15) is 31.4 Å². The van der Waals surface area contributed by atoms with Crippen molar-refractivity contribution in [1.82, 2.24) is 10.6 Å². The Bertz CT molecular complexity index is 329. The molecule has 94 valence electrons. The summed E-state index contributed by atoms with van der Waals surface area (Å²) in [4.78, 5) is 11.6. The summed E-state index contributed by atoms with van der Waals surface area (Å²) in [5.41, 5.74) is 0. The topological polar surface area (TPSA) is 54.3 Å². The SMILES string of the molecule is O=C(CNCCc1ccco1)NC1CCCC1. The summed E-state index contributed by atoms with van der Waals surface area (Å²) in [5, 5.41) is 6.17. The molecular weight excluding hydrogens is 216 g/mol. The molecule has 1 aromatic rings. The van der Waals surface area contributed by atoms with Gasteiger partial charge in [0.25, 0.3) is 0 Å². The lowest BCUT2D eigenvalue weighted by atomic mass is 10.2. The summed E-state index contributed by atoms with van der Waals surface area (Å²) in [5.74, 6) is 1.06. The highest BCUT2D eigenvalue weighted by Gasteiger charge is 2.16. The van der Waals surface area contributed by atoms with Crippen molar-refractivity contribution in [2.45, 2.75) is 38.1 Å². The minimum Gasteiger partial charge on any atom is -0.469 e. The highest BCUT2D eigenvalue weighted by molar-refractivity contribution is 5.78. The number of carbonyl (C=O) groups is 1. The Morgan fingerprint density at radius 1 is 1.41 bits per heavy atom. The molecule has 1 amide bonds. The number of hydrogen-bond acceptors (Lipinski definition) is 3. The number of carbonyl (C=O) groups excluding carboxylic acids is 1. The van der Waals surface area contributed by atoms with Crippen LogP contribution < -0.4 is 10.6 Å². The number of amides is 1. The maximum atomic E-state index is 11.6. The second-order valence-electron chi connectivity index (χ2n) is 4.56. The van der Waals surface area contributed by atoms with Crippen LogP contribution in [-0.2, 0) is 11.2 Å². The molecule has 17 heavy (non-hydrogen) atoms. The number of nitrogens with one attached hydrogen (secondary N) is 2. The Balaban J connectivity index is 1.53. The lowest BCUT2D eigenvalue weighted by Crippen LogP contribution is -2.39. The average Bonchev–Trinajstić information content (AvgIpc) is 2.96. The molecule has 4 nitrogen and oxygen atoms in total. The summed E-state index contributed by atoms with van der Waals surface area (Å²) in [6.45, 7) is 1.17. The van der Waals surface area contributed by atoms with Crippen molar-refractivity contribution in [2.75, 3.05) is 13.1 Å². The normalized spacial score (nSPS) is 16.2. The quantitative estimate of drug-likeness (QED) is 0.735. The van der Waals surface area contributed by atoms with Crippen molar-refractivity contribution in [3.63, 3.8) is 0 Å². The van der Waals surface area contributed by atoms with Crippen molar-refractivity contribution >= 4 is 5.91 Å². The number of rotatable bonds is 6. The summed E-state index contributed by atoms with van der Waals surface area (Å²) in [6.07, 6.45) is 7.26. The van der Waals surface area contributed by atoms with Gasteiger partial charge < -0.3 is 15.1 Å². The van der Waals surface area contributed by atoms with E-state index in [9.17, 15) is 4.79 Å². The molecular formula is C13H20N2O2. The van der Waals surface area contributed by atoms with Crippen LogP contribution in [0.4, 0.5) is 0 Å². The predicted octanol–water partition coefficient (Wildman–Crippen LogP) is 1.47. The molecule has 0 aliphatic heterocycles. The summed E-state index contributed by atoms with van der Waals surface area (Å²) in [6, 6.07) is 4.23. The molecule has 1 heterocycles. The minimum atomic E-state index is 0.108. The fourth-order valence-electron chi connectivity index (χ4n) is 2.22. The Kier molecular flexibility index (Phi) is 4.62. The molecule has 0 atom stereocenters. The van der Waals surface area contributed by atoms with Gasteiger partial charge in [-0.05, 0) is 25.0 Å². The van der Waals surface area contributed by atoms with Crippen molar-refractivity contribution in [2.24, 2.45) is 0 Å². The first-order chi connectivity index (χ1) is 8.34. The zero-order valence-electron chi connectivity index (χ0n) is 10.1. The van der Waals surface area contributed by atoms with Crippen molar-refractivity contribution in [1.29, 1.82) is 0 Å². The first kappa shape index (κ1) is 12.2. The van der Waals surface area contributed by atoms with Crippen molar-refractivity contribution < 1.29 is 9.21 Å². The van der Waals surface area contributed by atoms with Crippen LogP contribution in [0.5, 0.6) is 0 Å². The Morgan fingerprint density at radius 2 is 2.24 bits per heavy atom. The molecule has 0 radical (unpaired) electrons. The highest BCUT2D eigenvalue weighted by atomic mass is 16.3.